The first kappa shape index (κ1) is 33.2. The lowest BCUT2D eigenvalue weighted by atomic mass is 10.0. The Morgan fingerprint density at radius 3 is 2.21 bits per heavy atom. The summed E-state index contributed by atoms with van der Waals surface area (Å²) in [6.45, 7) is 5.31. The van der Waals surface area contributed by atoms with Gasteiger partial charge in [0.2, 0.25) is 5.91 Å². The second-order valence-corrected chi connectivity index (χ2v) is 13.9. The largest absolute Gasteiger partial charge is 0.495 e. The summed E-state index contributed by atoms with van der Waals surface area (Å²) in [5, 5.41) is 3.80. The van der Waals surface area contributed by atoms with Crippen molar-refractivity contribution in [2.75, 3.05) is 24.4 Å². The second kappa shape index (κ2) is 12.7. The highest BCUT2D eigenvalue weighted by atomic mass is 35.5. The number of ketones is 1. The fourth-order valence-electron chi connectivity index (χ4n) is 4.68. The highest BCUT2D eigenvalue weighted by Crippen LogP contribution is 2.65. The van der Waals surface area contributed by atoms with Crippen LogP contribution in [0.2, 0.25) is 15.1 Å². The van der Waals surface area contributed by atoms with Crippen LogP contribution in [0.3, 0.4) is 0 Å². The normalized spacial score (nSPS) is 17.2. The predicted octanol–water partition coefficient (Wildman–Crippen LogP) is 8.98. The molecule has 3 aromatic rings. The summed E-state index contributed by atoms with van der Waals surface area (Å²) in [6, 6.07) is 14.6. The van der Waals surface area contributed by atoms with Crippen LogP contribution < -0.4 is 15.0 Å². The molecule has 1 N–H and O–H groups in total. The number of hydrogen-bond donors (Lipinski definition) is 1. The molecule has 0 aliphatic heterocycles. The summed E-state index contributed by atoms with van der Waals surface area (Å²) >= 11 is 31.6. The molecule has 12 heteroatoms. The Kier molecular flexibility index (Phi) is 9.84. The van der Waals surface area contributed by atoms with E-state index in [1.54, 1.807) is 70.3 Å². The standard InChI is InChI=1S/C31H29Cl5N2O5/c1-30(2,3)43-29(41)38(4)23-10-16(6-9-25(23)42-5)11-24(39)21-15-20(7-8-22(21)34)37-28(40)27-26(31(27,35)36)17-12-18(32)14-19(33)13-17/h6-10,12-15,26-27H,11H2,1-5H3,(H,37,40). The number of carbonyl (C=O) groups is 3. The van der Waals surface area contributed by atoms with Crippen LogP contribution in [0.5, 0.6) is 5.75 Å². The van der Waals surface area contributed by atoms with Crippen LogP contribution in [0.1, 0.15) is 48.2 Å². The van der Waals surface area contributed by atoms with E-state index in [-0.39, 0.29) is 22.8 Å². The van der Waals surface area contributed by atoms with E-state index in [1.165, 1.54) is 24.1 Å². The summed E-state index contributed by atoms with van der Waals surface area (Å²) in [4.78, 5) is 40.6. The van der Waals surface area contributed by atoms with E-state index in [0.717, 1.165) is 0 Å². The molecule has 7 nitrogen and oxygen atoms in total. The van der Waals surface area contributed by atoms with Crippen molar-refractivity contribution in [3.63, 3.8) is 0 Å². The summed E-state index contributed by atoms with van der Waals surface area (Å²) < 4.78 is 9.53. The second-order valence-electron chi connectivity index (χ2n) is 11.2. The third-order valence-electron chi connectivity index (χ3n) is 6.75. The lowest BCUT2D eigenvalue weighted by Crippen LogP contribution is -2.34. The molecule has 228 valence electrons. The number of benzene rings is 3. The molecule has 2 amide bonds. The van der Waals surface area contributed by atoms with Gasteiger partial charge in [0.05, 0.1) is 23.7 Å². The molecule has 2 unspecified atom stereocenters. The molecule has 4 rings (SSSR count). The van der Waals surface area contributed by atoms with Gasteiger partial charge >= 0.3 is 6.09 Å². The number of amides is 2. The zero-order valence-electron chi connectivity index (χ0n) is 23.9. The van der Waals surface area contributed by atoms with E-state index in [2.05, 4.69) is 5.32 Å². The SMILES string of the molecule is COc1ccc(CC(=O)c2cc(NC(=O)C3C(c4cc(Cl)cc(Cl)c4)C3(Cl)Cl)ccc2Cl)cc1N(C)C(=O)OC(C)(C)C. The Labute approximate surface area is 275 Å². The number of hydrogen-bond acceptors (Lipinski definition) is 5. The topological polar surface area (TPSA) is 84.9 Å². The van der Waals surface area contributed by atoms with Crippen molar-refractivity contribution in [1.82, 2.24) is 0 Å². The number of halogens is 5. The van der Waals surface area contributed by atoms with Crippen LogP contribution in [-0.2, 0) is 16.0 Å². The summed E-state index contributed by atoms with van der Waals surface area (Å²) in [6.07, 6.45) is -0.613. The van der Waals surface area contributed by atoms with Crippen LogP contribution in [0.4, 0.5) is 16.2 Å². The maximum Gasteiger partial charge on any atom is 0.414 e. The average Bonchev–Trinajstić information content (AvgIpc) is 3.49. The first-order valence-corrected chi connectivity index (χ1v) is 15.0. The van der Waals surface area contributed by atoms with Gasteiger partial charge in [0.1, 0.15) is 15.7 Å². The first-order chi connectivity index (χ1) is 20.0. The molecule has 0 radical (unpaired) electrons. The molecule has 0 saturated heterocycles. The van der Waals surface area contributed by atoms with E-state index in [9.17, 15) is 14.4 Å². The minimum Gasteiger partial charge on any atom is -0.495 e. The first-order valence-electron chi connectivity index (χ1n) is 13.1. The number of methoxy groups -OCH3 is 1. The van der Waals surface area contributed by atoms with Gasteiger partial charge in [-0.15, -0.1) is 23.2 Å². The van der Waals surface area contributed by atoms with E-state index >= 15 is 0 Å². The van der Waals surface area contributed by atoms with Crippen molar-refractivity contribution in [3.8, 4) is 5.75 Å². The van der Waals surface area contributed by atoms with Crippen LogP contribution in [-0.4, -0.2) is 41.9 Å². The lowest BCUT2D eigenvalue weighted by molar-refractivity contribution is -0.117. The zero-order valence-corrected chi connectivity index (χ0v) is 27.7. The van der Waals surface area contributed by atoms with Gasteiger partial charge in [-0.3, -0.25) is 14.5 Å². The van der Waals surface area contributed by atoms with Crippen LogP contribution in [0, 0.1) is 5.92 Å². The number of Topliss-reactive ketones (excluding diaryl/α,β-unsaturated/α-hetero) is 1. The average molecular weight is 687 g/mol. The lowest BCUT2D eigenvalue weighted by Gasteiger charge is -2.26. The monoisotopic (exact) mass is 684 g/mol. The van der Waals surface area contributed by atoms with Crippen LogP contribution in [0.25, 0.3) is 0 Å². The summed E-state index contributed by atoms with van der Waals surface area (Å²) in [5.74, 6) is -1.61. The highest BCUT2D eigenvalue weighted by molar-refractivity contribution is 6.53. The van der Waals surface area contributed by atoms with Gasteiger partial charge in [-0.2, -0.15) is 0 Å². The quantitative estimate of drug-likeness (QED) is 0.189. The third-order valence-corrected chi connectivity index (χ3v) is 8.46. The molecule has 1 aliphatic carbocycles. The summed E-state index contributed by atoms with van der Waals surface area (Å²) in [5.41, 5.74) is 1.54. The smallest absolute Gasteiger partial charge is 0.414 e. The van der Waals surface area contributed by atoms with Crippen molar-refractivity contribution in [1.29, 1.82) is 0 Å². The molecule has 1 fully saturated rings. The molecule has 43 heavy (non-hydrogen) atoms. The number of carbonyl (C=O) groups excluding carboxylic acids is 3. The zero-order chi connectivity index (χ0) is 31.9. The molecular weight excluding hydrogens is 658 g/mol. The molecule has 0 aromatic heterocycles. The van der Waals surface area contributed by atoms with Gasteiger partial charge in [0, 0.05) is 40.7 Å². The minimum absolute atomic E-state index is 0.0387. The Hall–Kier alpha value is -2.68. The van der Waals surface area contributed by atoms with E-state index in [4.69, 9.17) is 67.5 Å². The van der Waals surface area contributed by atoms with Crippen LogP contribution >= 0.6 is 58.0 Å². The van der Waals surface area contributed by atoms with Crippen LogP contribution in [0.15, 0.2) is 54.6 Å². The Balaban J connectivity index is 1.51. The number of anilines is 2. The molecule has 3 aromatic carbocycles. The van der Waals surface area contributed by atoms with Crippen molar-refractivity contribution >= 4 is 87.2 Å². The van der Waals surface area contributed by atoms with E-state index in [0.29, 0.717) is 38.3 Å². The fraction of sp³-hybridized carbons (Fsp3) is 0.323. The highest BCUT2D eigenvalue weighted by Gasteiger charge is 2.67. The van der Waals surface area contributed by atoms with Gasteiger partial charge < -0.3 is 14.8 Å². The van der Waals surface area contributed by atoms with E-state index in [1.807, 2.05) is 0 Å². The molecular formula is C31H29Cl5N2O5. The van der Waals surface area contributed by atoms with Gasteiger partial charge in [0.15, 0.2) is 5.78 Å². The Bertz CT molecular complexity index is 1570. The molecule has 0 spiro atoms. The number of nitrogens with one attached hydrogen (secondary N) is 1. The third kappa shape index (κ3) is 7.70. The maximum absolute atomic E-state index is 13.4. The van der Waals surface area contributed by atoms with Gasteiger partial charge in [-0.25, -0.2) is 4.79 Å². The molecule has 1 saturated carbocycles. The van der Waals surface area contributed by atoms with Gasteiger partial charge in [-0.05, 0) is 80.4 Å². The van der Waals surface area contributed by atoms with Crippen molar-refractivity contribution in [2.24, 2.45) is 5.92 Å². The maximum atomic E-state index is 13.4. The number of nitrogens with zero attached hydrogens (tertiary/aromatic N) is 1. The number of rotatable bonds is 8. The van der Waals surface area contributed by atoms with Crippen molar-refractivity contribution in [2.45, 2.75) is 43.0 Å². The number of ether oxygens (including phenoxy) is 2. The summed E-state index contributed by atoms with van der Waals surface area (Å²) in [7, 11) is 3.04. The van der Waals surface area contributed by atoms with Gasteiger partial charge in [0.25, 0.3) is 0 Å². The Morgan fingerprint density at radius 2 is 1.60 bits per heavy atom. The molecule has 0 heterocycles. The molecule has 0 bridgehead atoms. The molecule has 2 atom stereocenters. The molecule has 1 aliphatic rings. The van der Waals surface area contributed by atoms with Crippen molar-refractivity contribution < 1.29 is 23.9 Å². The Morgan fingerprint density at radius 1 is 0.953 bits per heavy atom. The van der Waals surface area contributed by atoms with Gasteiger partial charge in [-0.1, -0.05) is 40.9 Å². The fourth-order valence-corrected chi connectivity index (χ4v) is 6.27. The van der Waals surface area contributed by atoms with E-state index < -0.39 is 33.8 Å². The number of alkyl halides is 2. The predicted molar refractivity (Wildman–Crippen MR) is 173 cm³/mol. The van der Waals surface area contributed by atoms with Crippen molar-refractivity contribution in [3.05, 3.63) is 86.4 Å². The minimum atomic E-state index is -1.36.